The Balaban J connectivity index is 1.59. The van der Waals surface area contributed by atoms with E-state index >= 15 is 0 Å². The van der Waals surface area contributed by atoms with E-state index in [9.17, 15) is 13.2 Å². The molecule has 1 saturated heterocycles. The average molecular weight is 488 g/mol. The Kier molecular flexibility index (Phi) is 6.72. The molecule has 0 saturated carbocycles. The van der Waals surface area contributed by atoms with Gasteiger partial charge in [-0.15, -0.1) is 0 Å². The summed E-state index contributed by atoms with van der Waals surface area (Å²) in [6.07, 6.45) is 1.47. The van der Waals surface area contributed by atoms with Crippen molar-refractivity contribution >= 4 is 49.3 Å². The second kappa shape index (κ2) is 8.87. The van der Waals surface area contributed by atoms with Crippen LogP contribution < -0.4 is 5.32 Å². The fraction of sp³-hybridized carbons (Fsp3) is 0.333. The molecule has 0 aliphatic carbocycles. The van der Waals surface area contributed by atoms with Gasteiger partial charge in [-0.3, -0.25) is 9.69 Å². The quantitative estimate of drug-likeness (QED) is 0.701. The number of carbonyl (C=O) groups excluding carboxylic acids is 1. The molecule has 7 nitrogen and oxygen atoms in total. The normalized spacial score (nSPS) is 17.2. The SMILES string of the molecule is C[C@@H](C(=O)Nc1ccc(Cl)cn1)N1CCN(S(=O)(=O)c2cccc(Br)c2)CC1. The third-order valence-electron chi connectivity index (χ3n) is 4.61. The molecule has 1 aromatic carbocycles. The molecule has 0 radical (unpaired) electrons. The van der Waals surface area contributed by atoms with E-state index in [0.29, 0.717) is 41.5 Å². The third kappa shape index (κ3) is 4.90. The molecule has 1 atom stereocenters. The van der Waals surface area contributed by atoms with Gasteiger partial charge in [0.25, 0.3) is 0 Å². The van der Waals surface area contributed by atoms with Crippen molar-refractivity contribution < 1.29 is 13.2 Å². The summed E-state index contributed by atoms with van der Waals surface area (Å²) in [7, 11) is -3.55. The number of benzene rings is 1. The van der Waals surface area contributed by atoms with Crippen LogP contribution >= 0.6 is 27.5 Å². The highest BCUT2D eigenvalue weighted by Gasteiger charge is 2.32. The number of carbonyl (C=O) groups is 1. The summed E-state index contributed by atoms with van der Waals surface area (Å²) in [5.74, 6) is 0.232. The molecule has 1 aliphatic heterocycles. The van der Waals surface area contributed by atoms with Crippen LogP contribution in [0.5, 0.6) is 0 Å². The standard InChI is InChI=1S/C18H20BrClN4O3S/c1-13(18(25)22-17-6-5-15(20)12-21-17)23-7-9-24(10-8-23)28(26,27)16-4-2-3-14(19)11-16/h2-6,11-13H,7-10H2,1H3,(H,21,22,25)/t13-/m0/s1. The van der Waals surface area contributed by atoms with Gasteiger partial charge in [0.1, 0.15) is 5.82 Å². The average Bonchev–Trinajstić information content (AvgIpc) is 2.69. The van der Waals surface area contributed by atoms with E-state index in [0.717, 1.165) is 0 Å². The van der Waals surface area contributed by atoms with Gasteiger partial charge in [0, 0.05) is 36.8 Å². The number of hydrogen-bond acceptors (Lipinski definition) is 5. The minimum atomic E-state index is -3.55. The summed E-state index contributed by atoms with van der Waals surface area (Å²) < 4.78 is 27.8. The van der Waals surface area contributed by atoms with E-state index in [2.05, 4.69) is 26.2 Å². The first-order valence-corrected chi connectivity index (χ1v) is 11.3. The van der Waals surface area contributed by atoms with Gasteiger partial charge in [-0.2, -0.15) is 4.31 Å². The maximum Gasteiger partial charge on any atom is 0.243 e. The molecule has 0 spiro atoms. The van der Waals surface area contributed by atoms with Gasteiger partial charge in [-0.05, 0) is 37.3 Å². The van der Waals surface area contributed by atoms with Crippen LogP contribution in [0.1, 0.15) is 6.92 Å². The van der Waals surface area contributed by atoms with Crippen molar-refractivity contribution in [2.45, 2.75) is 17.9 Å². The monoisotopic (exact) mass is 486 g/mol. The van der Waals surface area contributed by atoms with Gasteiger partial charge in [-0.1, -0.05) is 33.6 Å². The van der Waals surface area contributed by atoms with Crippen LogP contribution in [0.2, 0.25) is 5.02 Å². The summed E-state index contributed by atoms with van der Waals surface area (Å²) in [5, 5.41) is 3.25. The number of hydrogen-bond donors (Lipinski definition) is 1. The van der Waals surface area contributed by atoms with Crippen molar-refractivity contribution in [1.82, 2.24) is 14.2 Å². The van der Waals surface area contributed by atoms with Crippen LogP contribution in [0.15, 0.2) is 52.0 Å². The Labute approximate surface area is 177 Å². The van der Waals surface area contributed by atoms with E-state index in [1.165, 1.54) is 10.5 Å². The van der Waals surface area contributed by atoms with Crippen molar-refractivity contribution in [2.75, 3.05) is 31.5 Å². The molecule has 3 rings (SSSR count). The number of aromatic nitrogens is 1. The summed E-state index contributed by atoms with van der Waals surface area (Å²) in [6.45, 7) is 3.38. The maximum atomic E-state index is 12.8. The second-order valence-electron chi connectivity index (χ2n) is 6.42. The number of nitrogens with one attached hydrogen (secondary N) is 1. The molecule has 2 aromatic rings. The van der Waals surface area contributed by atoms with Crippen LogP contribution in [0.3, 0.4) is 0 Å². The van der Waals surface area contributed by atoms with Crippen molar-refractivity contribution in [3.05, 3.63) is 52.1 Å². The molecular formula is C18H20BrClN4O3S. The lowest BCUT2D eigenvalue weighted by Crippen LogP contribution is -2.53. The smallest absolute Gasteiger partial charge is 0.243 e. The Hall–Kier alpha value is -1.52. The highest BCUT2D eigenvalue weighted by atomic mass is 79.9. The van der Waals surface area contributed by atoms with Gasteiger partial charge < -0.3 is 5.32 Å². The van der Waals surface area contributed by atoms with E-state index in [-0.39, 0.29) is 10.8 Å². The fourth-order valence-corrected chi connectivity index (χ4v) is 5.09. The number of anilines is 1. The molecular weight excluding hydrogens is 468 g/mol. The molecule has 150 valence electrons. The van der Waals surface area contributed by atoms with Gasteiger partial charge in [0.2, 0.25) is 15.9 Å². The van der Waals surface area contributed by atoms with Crippen LogP contribution in [0.25, 0.3) is 0 Å². The molecule has 1 aliphatic rings. The maximum absolute atomic E-state index is 12.8. The van der Waals surface area contributed by atoms with Crippen molar-refractivity contribution in [2.24, 2.45) is 0 Å². The first-order valence-electron chi connectivity index (χ1n) is 8.69. The number of piperazine rings is 1. The Bertz CT molecular complexity index is 948. The van der Waals surface area contributed by atoms with Crippen LogP contribution in [0, 0.1) is 0 Å². The number of halogens is 2. The molecule has 1 fully saturated rings. The topological polar surface area (TPSA) is 82.6 Å². The first-order chi connectivity index (χ1) is 13.3. The molecule has 1 N–H and O–H groups in total. The zero-order valence-corrected chi connectivity index (χ0v) is 18.3. The number of amides is 1. The minimum Gasteiger partial charge on any atom is -0.309 e. The van der Waals surface area contributed by atoms with Gasteiger partial charge in [0.05, 0.1) is 16.0 Å². The lowest BCUT2D eigenvalue weighted by atomic mass is 10.2. The first kappa shape index (κ1) is 21.2. The zero-order valence-electron chi connectivity index (χ0n) is 15.2. The van der Waals surface area contributed by atoms with Crippen LogP contribution in [-0.2, 0) is 14.8 Å². The third-order valence-corrected chi connectivity index (χ3v) is 7.22. The van der Waals surface area contributed by atoms with E-state index in [1.54, 1.807) is 43.3 Å². The van der Waals surface area contributed by atoms with Gasteiger partial charge in [-0.25, -0.2) is 13.4 Å². The van der Waals surface area contributed by atoms with Crippen molar-refractivity contribution in [3.63, 3.8) is 0 Å². The van der Waals surface area contributed by atoms with Crippen LogP contribution in [0.4, 0.5) is 5.82 Å². The van der Waals surface area contributed by atoms with Crippen LogP contribution in [-0.4, -0.2) is 60.7 Å². The largest absolute Gasteiger partial charge is 0.309 e. The molecule has 10 heteroatoms. The molecule has 0 unspecified atom stereocenters. The van der Waals surface area contributed by atoms with Gasteiger partial charge >= 0.3 is 0 Å². The number of nitrogens with zero attached hydrogens (tertiary/aromatic N) is 3. The van der Waals surface area contributed by atoms with Crippen molar-refractivity contribution in [1.29, 1.82) is 0 Å². The molecule has 1 amide bonds. The summed E-state index contributed by atoms with van der Waals surface area (Å²) in [4.78, 5) is 18.7. The number of pyridine rings is 1. The zero-order chi connectivity index (χ0) is 20.3. The number of sulfonamides is 1. The van der Waals surface area contributed by atoms with Crippen molar-refractivity contribution in [3.8, 4) is 0 Å². The lowest BCUT2D eigenvalue weighted by molar-refractivity contribution is -0.121. The predicted molar refractivity (Wildman–Crippen MR) is 112 cm³/mol. The lowest BCUT2D eigenvalue weighted by Gasteiger charge is -2.36. The number of rotatable bonds is 5. The minimum absolute atomic E-state index is 0.196. The summed E-state index contributed by atoms with van der Waals surface area (Å²) >= 11 is 9.10. The predicted octanol–water partition coefficient (Wildman–Crippen LogP) is 2.83. The highest BCUT2D eigenvalue weighted by Crippen LogP contribution is 2.22. The van der Waals surface area contributed by atoms with Gasteiger partial charge in [0.15, 0.2) is 0 Å². The molecule has 1 aromatic heterocycles. The van der Waals surface area contributed by atoms with E-state index in [1.807, 2.05) is 4.90 Å². The fourth-order valence-electron chi connectivity index (χ4n) is 2.95. The second-order valence-corrected chi connectivity index (χ2v) is 9.71. The van der Waals surface area contributed by atoms with E-state index < -0.39 is 16.1 Å². The Morgan fingerprint density at radius 3 is 2.54 bits per heavy atom. The Morgan fingerprint density at radius 2 is 1.93 bits per heavy atom. The van der Waals surface area contributed by atoms with E-state index in [4.69, 9.17) is 11.6 Å². The summed E-state index contributed by atoms with van der Waals surface area (Å²) in [6, 6.07) is 9.54. The molecule has 28 heavy (non-hydrogen) atoms. The Morgan fingerprint density at radius 1 is 1.21 bits per heavy atom. The summed E-state index contributed by atoms with van der Waals surface area (Å²) in [5.41, 5.74) is 0. The highest BCUT2D eigenvalue weighted by molar-refractivity contribution is 9.10. The molecule has 2 heterocycles. The molecule has 0 bridgehead atoms.